The third-order valence-electron chi connectivity index (χ3n) is 5.27. The molecule has 0 saturated carbocycles. The van der Waals surface area contributed by atoms with Gasteiger partial charge in [-0.05, 0) is 38.0 Å². The molecule has 5 nitrogen and oxygen atoms in total. The monoisotopic (exact) mass is 406 g/mol. The Labute approximate surface area is 175 Å². The van der Waals surface area contributed by atoms with Crippen LogP contribution in [0, 0.1) is 13.8 Å². The molecule has 0 radical (unpaired) electrons. The summed E-state index contributed by atoms with van der Waals surface area (Å²) < 4.78 is 0. The van der Waals surface area contributed by atoms with Crippen molar-refractivity contribution >= 4 is 39.4 Å². The minimum Gasteiger partial charge on any atom is -0.352 e. The van der Waals surface area contributed by atoms with Gasteiger partial charge in [0.15, 0.2) is 0 Å². The highest BCUT2D eigenvalue weighted by Crippen LogP contribution is 2.31. The number of aromatic nitrogens is 2. The molecule has 150 valence electrons. The molecule has 0 bridgehead atoms. The minimum atomic E-state index is 0.0676. The van der Waals surface area contributed by atoms with Crippen LogP contribution in [0.4, 0.5) is 5.82 Å². The average Bonchev–Trinajstić information content (AvgIpc) is 3.15. The number of fused-ring (bicyclic) bond motifs is 1. The first kappa shape index (κ1) is 19.6. The Balaban J connectivity index is 1.44. The topological polar surface area (TPSA) is 49.3 Å². The molecule has 1 aliphatic heterocycles. The minimum absolute atomic E-state index is 0.0676. The first-order chi connectivity index (χ1) is 14.0. The summed E-state index contributed by atoms with van der Waals surface area (Å²) in [6.45, 7) is 9.14. The molecule has 0 aliphatic carbocycles. The quantitative estimate of drug-likeness (QED) is 0.609. The van der Waals surface area contributed by atoms with Gasteiger partial charge in [0, 0.05) is 37.1 Å². The molecule has 0 spiro atoms. The van der Waals surface area contributed by atoms with Crippen LogP contribution in [0.1, 0.15) is 28.8 Å². The van der Waals surface area contributed by atoms with Crippen molar-refractivity contribution in [2.24, 2.45) is 0 Å². The number of nitrogens with zero attached hydrogens (tertiary/aromatic N) is 4. The lowest BCUT2D eigenvalue weighted by atomic mass is 10.1. The van der Waals surface area contributed by atoms with Crippen LogP contribution in [0.5, 0.6) is 0 Å². The van der Waals surface area contributed by atoms with E-state index >= 15 is 0 Å². The maximum atomic E-state index is 12.6. The molecule has 1 fully saturated rings. The molecule has 6 heteroatoms. The Morgan fingerprint density at radius 1 is 1.10 bits per heavy atom. The largest absolute Gasteiger partial charge is 0.352 e. The van der Waals surface area contributed by atoms with E-state index in [0.717, 1.165) is 46.9 Å². The third kappa shape index (κ3) is 4.32. The second kappa shape index (κ2) is 8.33. The Morgan fingerprint density at radius 3 is 2.52 bits per heavy atom. The van der Waals surface area contributed by atoms with Crippen LogP contribution in [0.25, 0.3) is 16.3 Å². The normalized spacial score (nSPS) is 14.9. The molecule has 1 aromatic carbocycles. The molecular weight excluding hydrogens is 380 g/mol. The van der Waals surface area contributed by atoms with Gasteiger partial charge in [0.1, 0.15) is 16.5 Å². The van der Waals surface area contributed by atoms with Gasteiger partial charge in [-0.3, -0.25) is 4.79 Å². The first-order valence-electron chi connectivity index (χ1n) is 10.1. The fraction of sp³-hybridized carbons (Fsp3) is 0.348. The summed E-state index contributed by atoms with van der Waals surface area (Å²) in [5.41, 5.74) is 2.26. The van der Waals surface area contributed by atoms with Crippen LogP contribution in [-0.2, 0) is 11.2 Å². The van der Waals surface area contributed by atoms with Crippen molar-refractivity contribution in [2.75, 3.05) is 31.1 Å². The number of hydrogen-bond donors (Lipinski definition) is 0. The van der Waals surface area contributed by atoms with Crippen molar-refractivity contribution < 1.29 is 4.79 Å². The highest BCUT2D eigenvalue weighted by atomic mass is 32.1. The number of thiophene rings is 1. The van der Waals surface area contributed by atoms with Crippen LogP contribution in [-0.4, -0.2) is 47.0 Å². The van der Waals surface area contributed by atoms with Crippen molar-refractivity contribution in [3.05, 3.63) is 58.2 Å². The highest BCUT2D eigenvalue weighted by Gasteiger charge is 2.23. The van der Waals surface area contributed by atoms with Crippen molar-refractivity contribution in [1.29, 1.82) is 0 Å². The van der Waals surface area contributed by atoms with E-state index in [1.165, 1.54) is 10.4 Å². The molecule has 0 unspecified atom stereocenters. The van der Waals surface area contributed by atoms with E-state index in [0.29, 0.717) is 13.1 Å². The summed E-state index contributed by atoms with van der Waals surface area (Å²) in [6.07, 6.45) is 4.58. The van der Waals surface area contributed by atoms with Gasteiger partial charge in [-0.2, -0.15) is 0 Å². The smallest absolute Gasteiger partial charge is 0.246 e. The van der Waals surface area contributed by atoms with Gasteiger partial charge >= 0.3 is 0 Å². The molecule has 1 amide bonds. The molecule has 2 aromatic heterocycles. The predicted octanol–water partition coefficient (Wildman–Crippen LogP) is 4.23. The molecule has 4 rings (SSSR count). The van der Waals surface area contributed by atoms with Crippen LogP contribution in [0.2, 0.25) is 0 Å². The number of benzene rings is 1. The van der Waals surface area contributed by atoms with Crippen LogP contribution in [0.3, 0.4) is 0 Å². The maximum absolute atomic E-state index is 12.6. The number of rotatable bonds is 4. The van der Waals surface area contributed by atoms with Crippen molar-refractivity contribution in [1.82, 2.24) is 14.9 Å². The SMILES string of the molecule is CCc1cc2c(N3CCN(C(=O)/C=C/c4ccc(C)cc4)CC3)nc(C)nc2s1. The second-order valence-corrected chi connectivity index (χ2v) is 8.55. The molecule has 3 aromatic rings. The average molecular weight is 407 g/mol. The van der Waals surface area contributed by atoms with Crippen LogP contribution < -0.4 is 4.90 Å². The van der Waals surface area contributed by atoms with E-state index in [2.05, 4.69) is 41.9 Å². The van der Waals surface area contributed by atoms with E-state index in [1.54, 1.807) is 17.4 Å². The number of carbonyl (C=O) groups excluding carboxylic acids is 1. The molecule has 1 aliphatic rings. The fourth-order valence-corrected chi connectivity index (χ4v) is 4.57. The van der Waals surface area contributed by atoms with Crippen molar-refractivity contribution in [3.63, 3.8) is 0 Å². The summed E-state index contributed by atoms with van der Waals surface area (Å²) in [5.74, 6) is 1.88. The highest BCUT2D eigenvalue weighted by molar-refractivity contribution is 7.18. The second-order valence-electron chi connectivity index (χ2n) is 7.44. The summed E-state index contributed by atoms with van der Waals surface area (Å²) in [5, 5.41) is 1.14. The molecule has 29 heavy (non-hydrogen) atoms. The van der Waals surface area contributed by atoms with Crippen LogP contribution in [0.15, 0.2) is 36.4 Å². The zero-order chi connectivity index (χ0) is 20.4. The predicted molar refractivity (Wildman–Crippen MR) is 121 cm³/mol. The van der Waals surface area contributed by atoms with Gasteiger partial charge < -0.3 is 9.80 Å². The van der Waals surface area contributed by atoms with E-state index in [9.17, 15) is 4.79 Å². The third-order valence-corrected chi connectivity index (χ3v) is 6.44. The number of carbonyl (C=O) groups is 1. The summed E-state index contributed by atoms with van der Waals surface area (Å²) in [7, 11) is 0. The number of piperazine rings is 1. The van der Waals surface area contributed by atoms with Gasteiger partial charge in [0.2, 0.25) is 5.91 Å². The first-order valence-corrected chi connectivity index (χ1v) is 10.9. The summed E-state index contributed by atoms with van der Waals surface area (Å²) in [4.78, 5) is 28.5. The number of hydrogen-bond acceptors (Lipinski definition) is 5. The Hall–Kier alpha value is -2.73. The molecule has 1 saturated heterocycles. The lowest BCUT2D eigenvalue weighted by Crippen LogP contribution is -2.48. The lowest BCUT2D eigenvalue weighted by Gasteiger charge is -2.35. The van der Waals surface area contributed by atoms with E-state index in [4.69, 9.17) is 4.98 Å². The van der Waals surface area contributed by atoms with Gasteiger partial charge in [0.05, 0.1) is 5.39 Å². The van der Waals surface area contributed by atoms with Gasteiger partial charge in [-0.1, -0.05) is 36.8 Å². The molecular formula is C23H26N4OS. The van der Waals surface area contributed by atoms with Gasteiger partial charge in [-0.15, -0.1) is 11.3 Å². The zero-order valence-electron chi connectivity index (χ0n) is 17.2. The maximum Gasteiger partial charge on any atom is 0.246 e. The van der Waals surface area contributed by atoms with E-state index in [1.807, 2.05) is 30.0 Å². The number of aryl methyl sites for hydroxylation is 3. The standard InChI is InChI=1S/C23H26N4OS/c1-4-19-15-20-22(24-17(3)25-23(20)29-19)27-13-11-26(12-14-27)21(28)10-9-18-7-5-16(2)6-8-18/h5-10,15H,4,11-14H2,1-3H3/b10-9+. The fourth-order valence-electron chi connectivity index (χ4n) is 3.56. The van der Waals surface area contributed by atoms with E-state index in [-0.39, 0.29) is 5.91 Å². The zero-order valence-corrected chi connectivity index (χ0v) is 18.0. The van der Waals surface area contributed by atoms with E-state index < -0.39 is 0 Å². The van der Waals surface area contributed by atoms with Gasteiger partial charge in [0.25, 0.3) is 0 Å². The van der Waals surface area contributed by atoms with Crippen molar-refractivity contribution in [3.8, 4) is 0 Å². The lowest BCUT2D eigenvalue weighted by molar-refractivity contribution is -0.126. The molecule has 0 N–H and O–H groups in total. The number of anilines is 1. The molecule has 0 atom stereocenters. The van der Waals surface area contributed by atoms with Crippen LogP contribution >= 0.6 is 11.3 Å². The summed E-state index contributed by atoms with van der Waals surface area (Å²) in [6, 6.07) is 10.4. The Morgan fingerprint density at radius 2 is 1.83 bits per heavy atom. The summed E-state index contributed by atoms with van der Waals surface area (Å²) >= 11 is 1.75. The van der Waals surface area contributed by atoms with Gasteiger partial charge in [-0.25, -0.2) is 9.97 Å². The Bertz CT molecular complexity index is 1050. The van der Waals surface area contributed by atoms with Crippen molar-refractivity contribution in [2.45, 2.75) is 27.2 Å². The number of amides is 1. The molecule has 3 heterocycles. The Kier molecular flexibility index (Phi) is 5.62.